The minimum Gasteiger partial charge on any atom is -0.493 e. The normalized spacial score (nSPS) is 12.7. The molecule has 0 saturated carbocycles. The van der Waals surface area contributed by atoms with Gasteiger partial charge >= 0.3 is 0 Å². The summed E-state index contributed by atoms with van der Waals surface area (Å²) in [6.07, 6.45) is 1.80. The Balaban J connectivity index is 1.83. The Morgan fingerprint density at radius 1 is 1.25 bits per heavy atom. The van der Waals surface area contributed by atoms with Crippen molar-refractivity contribution in [1.82, 2.24) is 20.4 Å². The van der Waals surface area contributed by atoms with Crippen molar-refractivity contribution in [2.75, 3.05) is 19.7 Å². The average molecular weight is 386 g/mol. The van der Waals surface area contributed by atoms with Crippen LogP contribution in [0.1, 0.15) is 42.8 Å². The molecule has 0 aliphatic heterocycles. The van der Waals surface area contributed by atoms with Crippen molar-refractivity contribution in [3.8, 4) is 5.75 Å². The van der Waals surface area contributed by atoms with Gasteiger partial charge in [0.05, 0.1) is 12.3 Å². The molecule has 6 nitrogen and oxygen atoms in total. The molecule has 2 N–H and O–H groups in total. The number of hydrogen-bond donors (Lipinski definition) is 2. The highest BCUT2D eigenvalue weighted by atomic mass is 16.5. The van der Waals surface area contributed by atoms with E-state index < -0.39 is 0 Å². The fourth-order valence-electron chi connectivity index (χ4n) is 3.18. The SMILES string of the molecule is CCNC(=NCCCOc1ccccc1C)NC(C)Cc1c(C)nn(C)c1C. The van der Waals surface area contributed by atoms with Crippen molar-refractivity contribution < 1.29 is 4.74 Å². The first-order valence-corrected chi connectivity index (χ1v) is 10.1. The Labute approximate surface area is 169 Å². The lowest BCUT2D eigenvalue weighted by Gasteiger charge is -2.18. The predicted octanol–water partition coefficient (Wildman–Crippen LogP) is 3.30. The number of ether oxygens (including phenoxy) is 1. The Kier molecular flexibility index (Phi) is 8.36. The van der Waals surface area contributed by atoms with Gasteiger partial charge in [-0.15, -0.1) is 0 Å². The van der Waals surface area contributed by atoms with Crippen LogP contribution in [0.3, 0.4) is 0 Å². The molecule has 0 aliphatic carbocycles. The van der Waals surface area contributed by atoms with Gasteiger partial charge in [0.15, 0.2) is 5.96 Å². The van der Waals surface area contributed by atoms with E-state index in [1.807, 2.05) is 29.9 Å². The third kappa shape index (κ3) is 6.29. The smallest absolute Gasteiger partial charge is 0.191 e. The van der Waals surface area contributed by atoms with Crippen molar-refractivity contribution in [2.45, 2.75) is 53.5 Å². The van der Waals surface area contributed by atoms with Gasteiger partial charge in [0.1, 0.15) is 5.75 Å². The summed E-state index contributed by atoms with van der Waals surface area (Å²) in [6.45, 7) is 12.7. The quantitative estimate of drug-likeness (QED) is 0.395. The van der Waals surface area contributed by atoms with E-state index in [1.54, 1.807) is 0 Å². The monoisotopic (exact) mass is 385 g/mol. The lowest BCUT2D eigenvalue weighted by atomic mass is 10.1. The highest BCUT2D eigenvalue weighted by molar-refractivity contribution is 5.80. The van der Waals surface area contributed by atoms with Gasteiger partial charge in [0.25, 0.3) is 0 Å². The second kappa shape index (κ2) is 10.7. The van der Waals surface area contributed by atoms with Crippen molar-refractivity contribution in [3.05, 3.63) is 46.8 Å². The van der Waals surface area contributed by atoms with Gasteiger partial charge < -0.3 is 15.4 Å². The summed E-state index contributed by atoms with van der Waals surface area (Å²) in [5, 5.41) is 11.3. The number of guanidine groups is 1. The van der Waals surface area contributed by atoms with Gasteiger partial charge in [-0.1, -0.05) is 18.2 Å². The van der Waals surface area contributed by atoms with Crippen LogP contribution in [0.4, 0.5) is 0 Å². The lowest BCUT2D eigenvalue weighted by Crippen LogP contribution is -2.43. The van der Waals surface area contributed by atoms with Crippen LogP contribution in [-0.4, -0.2) is 41.5 Å². The van der Waals surface area contributed by atoms with E-state index in [4.69, 9.17) is 9.73 Å². The van der Waals surface area contributed by atoms with Crippen LogP contribution in [0.5, 0.6) is 5.75 Å². The maximum atomic E-state index is 5.85. The topological polar surface area (TPSA) is 63.5 Å². The number of benzene rings is 1. The summed E-state index contributed by atoms with van der Waals surface area (Å²) < 4.78 is 7.80. The first kappa shape index (κ1) is 21.8. The number of para-hydroxylation sites is 1. The van der Waals surface area contributed by atoms with E-state index in [0.29, 0.717) is 6.61 Å². The molecule has 6 heteroatoms. The zero-order chi connectivity index (χ0) is 20.5. The van der Waals surface area contributed by atoms with Gasteiger partial charge in [-0.2, -0.15) is 5.10 Å². The van der Waals surface area contributed by atoms with Crippen LogP contribution in [-0.2, 0) is 13.5 Å². The molecule has 0 radical (unpaired) electrons. The molecule has 2 rings (SSSR count). The van der Waals surface area contributed by atoms with Crippen LogP contribution in [0.15, 0.2) is 29.3 Å². The number of aryl methyl sites for hydroxylation is 3. The van der Waals surface area contributed by atoms with E-state index in [2.05, 4.69) is 56.4 Å². The van der Waals surface area contributed by atoms with Crippen LogP contribution in [0, 0.1) is 20.8 Å². The van der Waals surface area contributed by atoms with E-state index in [9.17, 15) is 0 Å². The molecule has 0 spiro atoms. The number of hydrogen-bond acceptors (Lipinski definition) is 3. The Bertz CT molecular complexity index is 781. The molecule has 154 valence electrons. The van der Waals surface area contributed by atoms with Gasteiger partial charge in [-0.3, -0.25) is 9.67 Å². The molecule has 1 aromatic heterocycles. The number of aliphatic imine (C=N–C) groups is 1. The minimum atomic E-state index is 0.266. The Morgan fingerprint density at radius 3 is 2.64 bits per heavy atom. The van der Waals surface area contributed by atoms with Gasteiger partial charge in [-0.05, 0) is 58.2 Å². The summed E-state index contributed by atoms with van der Waals surface area (Å²) in [5.74, 6) is 1.80. The van der Waals surface area contributed by atoms with Crippen molar-refractivity contribution in [2.24, 2.45) is 12.0 Å². The van der Waals surface area contributed by atoms with Crippen LogP contribution < -0.4 is 15.4 Å². The van der Waals surface area contributed by atoms with Crippen LogP contribution in [0.2, 0.25) is 0 Å². The standard InChI is InChI=1S/C22H35N5O/c1-7-23-22(24-13-10-14-28-21-12-9-8-11-16(21)2)25-17(3)15-20-18(4)26-27(6)19(20)5/h8-9,11-12,17H,7,10,13-15H2,1-6H3,(H2,23,24,25). The third-order valence-electron chi connectivity index (χ3n) is 4.82. The molecule has 0 amide bonds. The zero-order valence-electron chi connectivity index (χ0n) is 18.2. The maximum Gasteiger partial charge on any atom is 0.191 e. The summed E-state index contributed by atoms with van der Waals surface area (Å²) in [7, 11) is 1.99. The summed E-state index contributed by atoms with van der Waals surface area (Å²) >= 11 is 0. The number of rotatable bonds is 9. The molecule has 1 heterocycles. The average Bonchev–Trinajstić information content (AvgIpc) is 2.89. The Morgan fingerprint density at radius 2 is 2.00 bits per heavy atom. The molecule has 0 saturated heterocycles. The summed E-state index contributed by atoms with van der Waals surface area (Å²) in [4.78, 5) is 4.69. The van der Waals surface area contributed by atoms with E-state index in [0.717, 1.165) is 48.9 Å². The highest BCUT2D eigenvalue weighted by Crippen LogP contribution is 2.16. The first-order valence-electron chi connectivity index (χ1n) is 10.1. The predicted molar refractivity (Wildman–Crippen MR) is 116 cm³/mol. The number of nitrogens with zero attached hydrogens (tertiary/aromatic N) is 3. The van der Waals surface area contributed by atoms with Gasteiger partial charge in [0.2, 0.25) is 0 Å². The molecule has 2 aromatic rings. The van der Waals surface area contributed by atoms with E-state index in [1.165, 1.54) is 11.3 Å². The molecular weight excluding hydrogens is 350 g/mol. The maximum absolute atomic E-state index is 5.85. The molecule has 0 bridgehead atoms. The van der Waals surface area contributed by atoms with Gasteiger partial charge in [-0.25, -0.2) is 0 Å². The number of aromatic nitrogens is 2. The second-order valence-electron chi connectivity index (χ2n) is 7.25. The number of nitrogens with one attached hydrogen (secondary N) is 2. The van der Waals surface area contributed by atoms with Crippen LogP contribution >= 0.6 is 0 Å². The zero-order valence-corrected chi connectivity index (χ0v) is 18.2. The van der Waals surface area contributed by atoms with Crippen LogP contribution in [0.25, 0.3) is 0 Å². The van der Waals surface area contributed by atoms with Gasteiger partial charge in [0, 0.05) is 38.3 Å². The molecular formula is C22H35N5O. The van der Waals surface area contributed by atoms with E-state index >= 15 is 0 Å². The molecule has 1 unspecified atom stereocenters. The Hall–Kier alpha value is -2.50. The van der Waals surface area contributed by atoms with Crippen molar-refractivity contribution in [1.29, 1.82) is 0 Å². The summed E-state index contributed by atoms with van der Waals surface area (Å²) in [5.41, 5.74) is 4.80. The fraction of sp³-hybridized carbons (Fsp3) is 0.545. The van der Waals surface area contributed by atoms with Crippen molar-refractivity contribution >= 4 is 5.96 Å². The molecule has 1 aromatic carbocycles. The lowest BCUT2D eigenvalue weighted by molar-refractivity contribution is 0.311. The summed E-state index contributed by atoms with van der Waals surface area (Å²) in [6, 6.07) is 8.36. The third-order valence-corrected chi connectivity index (χ3v) is 4.82. The molecule has 0 aliphatic rings. The van der Waals surface area contributed by atoms with E-state index in [-0.39, 0.29) is 6.04 Å². The largest absolute Gasteiger partial charge is 0.493 e. The molecule has 28 heavy (non-hydrogen) atoms. The first-order chi connectivity index (χ1) is 13.4. The van der Waals surface area contributed by atoms with Crippen molar-refractivity contribution in [3.63, 3.8) is 0 Å². The second-order valence-corrected chi connectivity index (χ2v) is 7.25. The minimum absolute atomic E-state index is 0.266. The molecule has 0 fully saturated rings. The highest BCUT2D eigenvalue weighted by Gasteiger charge is 2.13. The fourth-order valence-corrected chi connectivity index (χ4v) is 3.18. The molecule has 1 atom stereocenters.